The van der Waals surface area contributed by atoms with Gasteiger partial charge in [0, 0.05) is 30.0 Å². The number of anilines is 1. The first-order chi connectivity index (χ1) is 12.6. The standard InChI is InChI=1S/C21H21N3O2/c1-13(21(26)24-17-6-7-17)20(25)16-10-19(12-22-11-16)23-18-8-14-4-2-3-5-15(14)9-18/h2-5,10-12,17-18,23H,1,6-9H2,(H,24,26). The Bertz CT molecular complexity index is 861. The van der Waals surface area contributed by atoms with Crippen molar-refractivity contribution in [3.8, 4) is 0 Å². The number of benzene rings is 1. The molecular formula is C21H21N3O2. The van der Waals surface area contributed by atoms with Gasteiger partial charge in [0.05, 0.1) is 11.3 Å². The van der Waals surface area contributed by atoms with Gasteiger partial charge in [-0.1, -0.05) is 30.8 Å². The minimum Gasteiger partial charge on any atom is -0.380 e. The highest BCUT2D eigenvalue weighted by molar-refractivity contribution is 6.25. The van der Waals surface area contributed by atoms with Crippen LogP contribution in [0.5, 0.6) is 0 Å². The van der Waals surface area contributed by atoms with Gasteiger partial charge < -0.3 is 10.6 Å². The van der Waals surface area contributed by atoms with Gasteiger partial charge in [0.1, 0.15) is 0 Å². The summed E-state index contributed by atoms with van der Waals surface area (Å²) in [6, 6.07) is 10.6. The zero-order valence-corrected chi connectivity index (χ0v) is 14.5. The van der Waals surface area contributed by atoms with Crippen LogP contribution in [0.1, 0.15) is 34.3 Å². The molecule has 2 aromatic rings. The van der Waals surface area contributed by atoms with Crippen LogP contribution in [0.4, 0.5) is 5.69 Å². The SMILES string of the molecule is C=C(C(=O)NC1CC1)C(=O)c1cncc(NC2Cc3ccccc3C2)c1. The summed E-state index contributed by atoms with van der Waals surface area (Å²) in [5, 5.41) is 6.24. The molecule has 1 heterocycles. The molecule has 0 bridgehead atoms. The number of carbonyl (C=O) groups is 2. The highest BCUT2D eigenvalue weighted by Crippen LogP contribution is 2.25. The Labute approximate surface area is 152 Å². The number of Topliss-reactive ketones (excluding diaryl/α,β-unsaturated/α-hetero) is 1. The summed E-state index contributed by atoms with van der Waals surface area (Å²) in [7, 11) is 0. The quantitative estimate of drug-likeness (QED) is 0.365. The lowest BCUT2D eigenvalue weighted by Crippen LogP contribution is -2.29. The molecule has 5 heteroatoms. The lowest BCUT2D eigenvalue weighted by Gasteiger charge is -2.14. The molecule has 1 amide bonds. The Morgan fingerprint density at radius 3 is 2.38 bits per heavy atom. The summed E-state index contributed by atoms with van der Waals surface area (Å²) in [5.41, 5.74) is 3.83. The largest absolute Gasteiger partial charge is 0.380 e. The molecule has 0 spiro atoms. The molecular weight excluding hydrogens is 326 g/mol. The maximum absolute atomic E-state index is 12.5. The van der Waals surface area contributed by atoms with Crippen LogP contribution in [0.15, 0.2) is 54.9 Å². The van der Waals surface area contributed by atoms with Gasteiger partial charge in [-0.2, -0.15) is 0 Å². The van der Waals surface area contributed by atoms with Crippen LogP contribution >= 0.6 is 0 Å². The van der Waals surface area contributed by atoms with Gasteiger partial charge >= 0.3 is 0 Å². The Morgan fingerprint density at radius 2 is 1.73 bits per heavy atom. The van der Waals surface area contributed by atoms with Crippen LogP contribution < -0.4 is 10.6 Å². The van der Waals surface area contributed by atoms with E-state index in [4.69, 9.17) is 0 Å². The molecule has 1 aromatic carbocycles. The minimum absolute atomic E-state index is 0.0379. The normalized spacial score (nSPS) is 16.0. The number of carbonyl (C=O) groups excluding carboxylic acids is 2. The van der Waals surface area contributed by atoms with Crippen LogP contribution in [0.3, 0.4) is 0 Å². The zero-order chi connectivity index (χ0) is 18.1. The Hall–Kier alpha value is -2.95. The van der Waals surface area contributed by atoms with Crippen molar-refractivity contribution in [2.24, 2.45) is 0 Å². The molecule has 1 fully saturated rings. The number of ketones is 1. The minimum atomic E-state index is -0.387. The van der Waals surface area contributed by atoms with E-state index in [-0.39, 0.29) is 29.3 Å². The molecule has 0 atom stereocenters. The fourth-order valence-corrected chi connectivity index (χ4v) is 3.32. The highest BCUT2D eigenvalue weighted by atomic mass is 16.2. The van der Waals surface area contributed by atoms with E-state index in [2.05, 4.69) is 46.5 Å². The van der Waals surface area contributed by atoms with Crippen LogP contribution in [0, 0.1) is 0 Å². The van der Waals surface area contributed by atoms with Crippen molar-refractivity contribution < 1.29 is 9.59 Å². The molecule has 2 aliphatic rings. The molecule has 26 heavy (non-hydrogen) atoms. The number of aromatic nitrogens is 1. The molecule has 0 aliphatic heterocycles. The fraction of sp³-hybridized carbons (Fsp3) is 0.286. The molecule has 5 nitrogen and oxygen atoms in total. The van der Waals surface area contributed by atoms with Gasteiger partial charge in [-0.3, -0.25) is 14.6 Å². The molecule has 1 saturated carbocycles. The number of rotatable bonds is 6. The summed E-state index contributed by atoms with van der Waals surface area (Å²) in [4.78, 5) is 28.7. The van der Waals surface area contributed by atoms with Gasteiger partial charge in [0.2, 0.25) is 0 Å². The summed E-state index contributed by atoms with van der Waals surface area (Å²) < 4.78 is 0. The first kappa shape index (κ1) is 16.5. The van der Waals surface area contributed by atoms with E-state index in [1.54, 1.807) is 12.3 Å². The third-order valence-corrected chi connectivity index (χ3v) is 4.88. The lowest BCUT2D eigenvalue weighted by molar-refractivity contribution is -0.117. The zero-order valence-electron chi connectivity index (χ0n) is 14.5. The summed E-state index contributed by atoms with van der Waals surface area (Å²) in [5.74, 6) is -0.767. The topological polar surface area (TPSA) is 71.1 Å². The third kappa shape index (κ3) is 3.52. The van der Waals surface area contributed by atoms with E-state index < -0.39 is 0 Å². The van der Waals surface area contributed by atoms with Crippen molar-refractivity contribution in [2.75, 3.05) is 5.32 Å². The van der Waals surface area contributed by atoms with E-state index in [0.29, 0.717) is 5.56 Å². The van der Waals surface area contributed by atoms with E-state index in [9.17, 15) is 9.59 Å². The van der Waals surface area contributed by atoms with Gasteiger partial charge in [-0.05, 0) is 42.9 Å². The van der Waals surface area contributed by atoms with E-state index in [1.165, 1.54) is 17.3 Å². The molecule has 0 saturated heterocycles. The number of pyridine rings is 1. The number of nitrogens with one attached hydrogen (secondary N) is 2. The number of hydrogen-bond acceptors (Lipinski definition) is 4. The average Bonchev–Trinajstić information content (AvgIpc) is 3.37. The summed E-state index contributed by atoms with van der Waals surface area (Å²) in [6.45, 7) is 3.66. The summed E-state index contributed by atoms with van der Waals surface area (Å²) in [6.07, 6.45) is 7.02. The summed E-state index contributed by atoms with van der Waals surface area (Å²) >= 11 is 0. The molecule has 0 unspecified atom stereocenters. The van der Waals surface area contributed by atoms with Crippen molar-refractivity contribution in [1.29, 1.82) is 0 Å². The van der Waals surface area contributed by atoms with E-state index >= 15 is 0 Å². The molecule has 4 rings (SSSR count). The predicted molar refractivity (Wildman–Crippen MR) is 100 cm³/mol. The molecule has 132 valence electrons. The van der Waals surface area contributed by atoms with Crippen molar-refractivity contribution in [3.05, 3.63) is 71.6 Å². The van der Waals surface area contributed by atoms with Crippen LogP contribution in [-0.4, -0.2) is 28.8 Å². The molecule has 2 N–H and O–H groups in total. The van der Waals surface area contributed by atoms with E-state index in [0.717, 1.165) is 31.4 Å². The first-order valence-corrected chi connectivity index (χ1v) is 8.93. The highest BCUT2D eigenvalue weighted by Gasteiger charge is 2.27. The average molecular weight is 347 g/mol. The lowest BCUT2D eigenvalue weighted by atomic mass is 10.1. The monoisotopic (exact) mass is 347 g/mol. The van der Waals surface area contributed by atoms with Crippen LogP contribution in [0.25, 0.3) is 0 Å². The Balaban J connectivity index is 1.42. The smallest absolute Gasteiger partial charge is 0.254 e. The maximum Gasteiger partial charge on any atom is 0.254 e. The molecule has 0 radical (unpaired) electrons. The number of fused-ring (bicyclic) bond motifs is 1. The second-order valence-electron chi connectivity index (χ2n) is 7.04. The van der Waals surface area contributed by atoms with Gasteiger partial charge in [0.25, 0.3) is 5.91 Å². The van der Waals surface area contributed by atoms with Crippen LogP contribution in [0.2, 0.25) is 0 Å². The second kappa shape index (κ2) is 6.75. The molecule has 2 aliphatic carbocycles. The Kier molecular flexibility index (Phi) is 4.29. The number of nitrogens with zero attached hydrogens (tertiary/aromatic N) is 1. The third-order valence-electron chi connectivity index (χ3n) is 4.88. The van der Waals surface area contributed by atoms with Gasteiger partial charge in [-0.25, -0.2) is 0 Å². The Morgan fingerprint density at radius 1 is 1.04 bits per heavy atom. The second-order valence-corrected chi connectivity index (χ2v) is 7.04. The number of amides is 1. The molecule has 1 aromatic heterocycles. The first-order valence-electron chi connectivity index (χ1n) is 8.93. The van der Waals surface area contributed by atoms with E-state index in [1.807, 2.05) is 0 Å². The van der Waals surface area contributed by atoms with Crippen molar-refractivity contribution >= 4 is 17.4 Å². The van der Waals surface area contributed by atoms with Crippen molar-refractivity contribution in [2.45, 2.75) is 37.8 Å². The fourth-order valence-electron chi connectivity index (χ4n) is 3.32. The predicted octanol–water partition coefficient (Wildman–Crippen LogP) is 2.68. The number of hydrogen-bond donors (Lipinski definition) is 2. The van der Waals surface area contributed by atoms with Crippen molar-refractivity contribution in [1.82, 2.24) is 10.3 Å². The van der Waals surface area contributed by atoms with Crippen molar-refractivity contribution in [3.63, 3.8) is 0 Å². The van der Waals surface area contributed by atoms with Crippen LogP contribution in [-0.2, 0) is 17.6 Å². The van der Waals surface area contributed by atoms with Gasteiger partial charge in [0.15, 0.2) is 5.78 Å². The van der Waals surface area contributed by atoms with Gasteiger partial charge in [-0.15, -0.1) is 0 Å². The maximum atomic E-state index is 12.5.